The fourth-order valence-corrected chi connectivity index (χ4v) is 5.79. The summed E-state index contributed by atoms with van der Waals surface area (Å²) in [5, 5.41) is 0. The summed E-state index contributed by atoms with van der Waals surface area (Å²) in [4.78, 5) is 15.0. The highest BCUT2D eigenvalue weighted by atomic mass is 32.2. The van der Waals surface area contributed by atoms with Gasteiger partial charge < -0.3 is 4.90 Å². The minimum Gasteiger partial charge on any atom is -0.341 e. The number of rotatable bonds is 6. The summed E-state index contributed by atoms with van der Waals surface area (Å²) in [5.41, 5.74) is 4.20. The van der Waals surface area contributed by atoms with E-state index in [4.69, 9.17) is 0 Å². The van der Waals surface area contributed by atoms with E-state index in [9.17, 15) is 13.2 Å². The number of sulfonamides is 1. The molecule has 1 amide bonds. The average molecular weight is 429 g/mol. The van der Waals surface area contributed by atoms with Gasteiger partial charge in [0.15, 0.2) is 0 Å². The Kier molecular flexibility index (Phi) is 6.98. The van der Waals surface area contributed by atoms with Crippen LogP contribution in [0.3, 0.4) is 0 Å². The lowest BCUT2D eigenvalue weighted by molar-refractivity contribution is -0.135. The first-order valence-corrected chi connectivity index (χ1v) is 12.1. The molecule has 6 heteroatoms. The smallest absolute Gasteiger partial charge is 0.243 e. The lowest BCUT2D eigenvalue weighted by Crippen LogP contribution is -2.43. The van der Waals surface area contributed by atoms with E-state index in [-0.39, 0.29) is 11.8 Å². The maximum absolute atomic E-state index is 13.1. The van der Waals surface area contributed by atoms with E-state index >= 15 is 0 Å². The van der Waals surface area contributed by atoms with E-state index < -0.39 is 10.0 Å². The molecule has 1 fully saturated rings. The Labute approximate surface area is 180 Å². The third kappa shape index (κ3) is 4.93. The Bertz CT molecular complexity index is 992. The van der Waals surface area contributed by atoms with Gasteiger partial charge in [0.25, 0.3) is 0 Å². The molecule has 0 radical (unpaired) electrons. The van der Waals surface area contributed by atoms with Gasteiger partial charge in [-0.3, -0.25) is 4.79 Å². The molecule has 5 nitrogen and oxygen atoms in total. The molecular weight excluding hydrogens is 396 g/mol. The zero-order chi connectivity index (χ0) is 21.9. The summed E-state index contributed by atoms with van der Waals surface area (Å²) in [6.45, 7) is 7.24. The normalized spacial score (nSPS) is 15.9. The van der Waals surface area contributed by atoms with E-state index in [2.05, 4.69) is 31.2 Å². The second-order valence-electron chi connectivity index (χ2n) is 8.31. The monoisotopic (exact) mass is 428 g/mol. The van der Waals surface area contributed by atoms with Gasteiger partial charge >= 0.3 is 0 Å². The topological polar surface area (TPSA) is 57.7 Å². The Morgan fingerprint density at radius 3 is 2.20 bits per heavy atom. The zero-order valence-electron chi connectivity index (χ0n) is 18.4. The molecule has 1 heterocycles. The van der Waals surface area contributed by atoms with E-state index in [1.165, 1.54) is 9.87 Å². The van der Waals surface area contributed by atoms with Crippen molar-refractivity contribution in [2.45, 2.75) is 51.5 Å². The number of amides is 1. The molecule has 1 saturated heterocycles. The molecule has 0 aliphatic carbocycles. The molecule has 0 atom stereocenters. The Morgan fingerprint density at radius 1 is 1.03 bits per heavy atom. The summed E-state index contributed by atoms with van der Waals surface area (Å²) < 4.78 is 27.6. The van der Waals surface area contributed by atoms with Crippen LogP contribution in [0.1, 0.15) is 42.0 Å². The molecular formula is C24H32N2O3S. The molecule has 162 valence electrons. The van der Waals surface area contributed by atoms with Crippen LogP contribution < -0.4 is 0 Å². The van der Waals surface area contributed by atoms with Crippen LogP contribution in [-0.2, 0) is 27.8 Å². The number of benzene rings is 2. The first-order chi connectivity index (χ1) is 14.2. The van der Waals surface area contributed by atoms with Gasteiger partial charge in [0.05, 0.1) is 4.90 Å². The van der Waals surface area contributed by atoms with Gasteiger partial charge in [-0.05, 0) is 55.9 Å². The number of hydrogen-bond donors (Lipinski definition) is 0. The van der Waals surface area contributed by atoms with Crippen LogP contribution in [0, 0.1) is 19.8 Å². The van der Waals surface area contributed by atoms with Crippen molar-refractivity contribution in [1.29, 1.82) is 0 Å². The molecule has 0 saturated carbocycles. The molecule has 0 unspecified atom stereocenters. The molecule has 2 aromatic rings. The number of hydrogen-bond acceptors (Lipinski definition) is 3. The highest BCUT2D eigenvalue weighted by Gasteiger charge is 2.33. The van der Waals surface area contributed by atoms with Crippen molar-refractivity contribution in [2.75, 3.05) is 20.1 Å². The Hall–Kier alpha value is -2.18. The van der Waals surface area contributed by atoms with Gasteiger partial charge in [0, 0.05) is 32.6 Å². The third-order valence-corrected chi connectivity index (χ3v) is 8.04. The van der Waals surface area contributed by atoms with Crippen LogP contribution in [-0.4, -0.2) is 43.7 Å². The van der Waals surface area contributed by atoms with E-state index in [0.717, 1.165) is 23.1 Å². The lowest BCUT2D eigenvalue weighted by Gasteiger charge is -2.33. The fourth-order valence-electron chi connectivity index (χ4n) is 4.11. The van der Waals surface area contributed by atoms with Gasteiger partial charge in [0.2, 0.25) is 15.9 Å². The predicted molar refractivity (Wildman–Crippen MR) is 120 cm³/mol. The highest BCUT2D eigenvalue weighted by Crippen LogP contribution is 2.27. The van der Waals surface area contributed by atoms with Crippen molar-refractivity contribution in [1.82, 2.24) is 9.21 Å². The van der Waals surface area contributed by atoms with Crippen LogP contribution >= 0.6 is 0 Å². The molecule has 1 aliphatic rings. The summed E-state index contributed by atoms with van der Waals surface area (Å²) in [6.07, 6.45) is 2.11. The zero-order valence-corrected chi connectivity index (χ0v) is 19.2. The SMILES string of the molecule is CCc1ccc(CN(C)C(=O)C2CCN(S(=O)(=O)c3ccc(C)cc3C)CC2)cc1. The molecule has 1 aliphatic heterocycles. The second-order valence-corrected chi connectivity index (χ2v) is 10.2. The van der Waals surface area contributed by atoms with Crippen LogP contribution in [0.2, 0.25) is 0 Å². The van der Waals surface area contributed by atoms with Gasteiger partial charge in [-0.2, -0.15) is 4.31 Å². The molecule has 30 heavy (non-hydrogen) atoms. The van der Waals surface area contributed by atoms with Crippen molar-refractivity contribution in [2.24, 2.45) is 5.92 Å². The maximum Gasteiger partial charge on any atom is 0.243 e. The Balaban J connectivity index is 1.60. The third-order valence-electron chi connectivity index (χ3n) is 5.98. The van der Waals surface area contributed by atoms with Crippen LogP contribution in [0.25, 0.3) is 0 Å². The van der Waals surface area contributed by atoms with Crippen molar-refractivity contribution in [3.05, 3.63) is 64.7 Å². The summed E-state index contributed by atoms with van der Waals surface area (Å²) in [6, 6.07) is 13.8. The summed E-state index contributed by atoms with van der Waals surface area (Å²) in [5.74, 6) is -0.0337. The quantitative estimate of drug-likeness (QED) is 0.701. The van der Waals surface area contributed by atoms with E-state index in [1.54, 1.807) is 11.0 Å². The number of piperidine rings is 1. The lowest BCUT2D eigenvalue weighted by atomic mass is 9.96. The highest BCUT2D eigenvalue weighted by molar-refractivity contribution is 7.89. The standard InChI is InChI=1S/C24H32N2O3S/c1-5-20-7-9-21(10-8-20)17-25(4)24(27)22-12-14-26(15-13-22)30(28,29)23-11-6-18(2)16-19(23)3/h6-11,16,22H,5,12-15,17H2,1-4H3. The number of nitrogens with zero attached hydrogens (tertiary/aromatic N) is 2. The molecule has 0 aromatic heterocycles. The molecule has 0 N–H and O–H groups in total. The molecule has 0 spiro atoms. The van der Waals surface area contributed by atoms with E-state index in [1.807, 2.05) is 33.0 Å². The minimum atomic E-state index is -3.53. The average Bonchev–Trinajstić information content (AvgIpc) is 2.73. The molecule has 3 rings (SSSR count). The molecule has 2 aromatic carbocycles. The Morgan fingerprint density at radius 2 is 1.63 bits per heavy atom. The first-order valence-electron chi connectivity index (χ1n) is 10.6. The second kappa shape index (κ2) is 9.31. The summed E-state index contributed by atoms with van der Waals surface area (Å²) in [7, 11) is -1.70. The fraction of sp³-hybridized carbons (Fsp3) is 0.458. The van der Waals surface area contributed by atoms with Crippen molar-refractivity contribution in [3.8, 4) is 0 Å². The maximum atomic E-state index is 13.1. The van der Waals surface area contributed by atoms with Gasteiger partial charge in [-0.15, -0.1) is 0 Å². The van der Waals surface area contributed by atoms with Crippen LogP contribution in [0.5, 0.6) is 0 Å². The number of carbonyl (C=O) groups is 1. The van der Waals surface area contributed by atoms with Crippen molar-refractivity contribution in [3.63, 3.8) is 0 Å². The first kappa shape index (κ1) is 22.5. The van der Waals surface area contributed by atoms with Gasteiger partial charge in [-0.25, -0.2) is 8.42 Å². The van der Waals surface area contributed by atoms with Crippen LogP contribution in [0.15, 0.2) is 47.4 Å². The van der Waals surface area contributed by atoms with Crippen molar-refractivity contribution >= 4 is 15.9 Å². The van der Waals surface area contributed by atoms with Gasteiger partial charge in [0.1, 0.15) is 0 Å². The number of carbonyl (C=O) groups excluding carboxylic acids is 1. The molecule has 0 bridgehead atoms. The number of aryl methyl sites for hydroxylation is 3. The van der Waals surface area contributed by atoms with E-state index in [0.29, 0.717) is 37.4 Å². The van der Waals surface area contributed by atoms with Gasteiger partial charge in [-0.1, -0.05) is 48.9 Å². The van der Waals surface area contributed by atoms with Crippen LogP contribution in [0.4, 0.5) is 0 Å². The van der Waals surface area contributed by atoms with Crippen molar-refractivity contribution < 1.29 is 13.2 Å². The largest absolute Gasteiger partial charge is 0.341 e. The summed E-state index contributed by atoms with van der Waals surface area (Å²) >= 11 is 0. The predicted octanol–water partition coefficient (Wildman–Crippen LogP) is 3.93. The minimum absolute atomic E-state index is 0.0955.